The Kier molecular flexibility index (Phi) is 15.4. The fraction of sp³-hybridized carbons (Fsp3) is 0.750. The molecule has 190 valence electrons. The number of nitrogens with two attached hydrogens (primary N) is 4. The van der Waals surface area contributed by atoms with Crippen molar-refractivity contribution in [1.29, 1.82) is 0 Å². The van der Waals surface area contributed by atoms with Gasteiger partial charge < -0.3 is 44.0 Å². The van der Waals surface area contributed by atoms with Crippen molar-refractivity contribution >= 4 is 29.6 Å². The maximum Gasteiger partial charge on any atom is 0.326 e. The van der Waals surface area contributed by atoms with E-state index in [0.29, 0.717) is 38.8 Å². The highest BCUT2D eigenvalue weighted by Crippen LogP contribution is 2.05. The number of primary amides is 1. The van der Waals surface area contributed by atoms with Crippen molar-refractivity contribution in [3.8, 4) is 0 Å². The first-order valence-electron chi connectivity index (χ1n) is 11.1. The van der Waals surface area contributed by atoms with Crippen LogP contribution < -0.4 is 38.9 Å². The molecule has 0 heterocycles. The lowest BCUT2D eigenvalue weighted by Crippen LogP contribution is -2.56. The van der Waals surface area contributed by atoms with Crippen LogP contribution in [-0.4, -0.2) is 72.0 Å². The van der Waals surface area contributed by atoms with E-state index in [-0.39, 0.29) is 25.7 Å². The average molecular weight is 474 g/mol. The number of carbonyl (C=O) groups is 5. The molecular formula is C20H39N7O6. The van der Waals surface area contributed by atoms with Gasteiger partial charge in [0.25, 0.3) is 0 Å². The number of carboxylic acid groups (broad SMARTS) is 1. The second-order valence-corrected chi connectivity index (χ2v) is 7.87. The molecule has 33 heavy (non-hydrogen) atoms. The van der Waals surface area contributed by atoms with Crippen molar-refractivity contribution in [3.63, 3.8) is 0 Å². The highest BCUT2D eigenvalue weighted by atomic mass is 16.4. The van der Waals surface area contributed by atoms with Gasteiger partial charge in [-0.25, -0.2) is 4.79 Å². The minimum absolute atomic E-state index is 0.0256. The molecule has 0 saturated carbocycles. The Hall–Kier alpha value is -2.77. The predicted molar refractivity (Wildman–Crippen MR) is 121 cm³/mol. The summed E-state index contributed by atoms with van der Waals surface area (Å²) in [5, 5.41) is 16.7. The summed E-state index contributed by atoms with van der Waals surface area (Å²) in [6, 6.07) is -4.18. The highest BCUT2D eigenvalue weighted by Gasteiger charge is 2.28. The molecule has 4 amide bonds. The van der Waals surface area contributed by atoms with Gasteiger partial charge in [-0.1, -0.05) is 0 Å². The largest absolute Gasteiger partial charge is 0.480 e. The third kappa shape index (κ3) is 13.4. The summed E-state index contributed by atoms with van der Waals surface area (Å²) in [4.78, 5) is 59.7. The highest BCUT2D eigenvalue weighted by molar-refractivity contribution is 5.94. The number of aliphatic carboxylic acids is 1. The Morgan fingerprint density at radius 3 is 1.76 bits per heavy atom. The maximum absolute atomic E-state index is 12.7. The first-order valence-corrected chi connectivity index (χ1v) is 11.1. The molecule has 0 aromatic rings. The Morgan fingerprint density at radius 1 is 0.758 bits per heavy atom. The van der Waals surface area contributed by atoms with Crippen LogP contribution in [0.4, 0.5) is 0 Å². The van der Waals surface area contributed by atoms with Gasteiger partial charge in [-0.15, -0.1) is 0 Å². The SMILES string of the molecule is CC(NC(=O)C(CCCCN)NC(=O)C(N)CCC(N)=O)C(=O)NC(CCCCN)C(=O)O. The van der Waals surface area contributed by atoms with Crippen molar-refractivity contribution in [1.82, 2.24) is 16.0 Å². The second kappa shape index (κ2) is 16.8. The van der Waals surface area contributed by atoms with Crippen molar-refractivity contribution in [2.24, 2.45) is 22.9 Å². The standard InChI is InChI=1S/C20H39N7O6/c1-12(17(29)27-15(20(32)33)7-3-5-11-22)25-19(31)14(6-2-4-10-21)26-18(30)13(23)8-9-16(24)28/h12-15H,2-11,21-23H2,1H3,(H2,24,28)(H,25,31)(H,26,30)(H,27,29)(H,32,33). The third-order valence-corrected chi connectivity index (χ3v) is 4.93. The molecule has 0 aromatic carbocycles. The molecule has 0 saturated heterocycles. The van der Waals surface area contributed by atoms with Crippen LogP contribution in [0.3, 0.4) is 0 Å². The van der Waals surface area contributed by atoms with Gasteiger partial charge in [-0.3, -0.25) is 19.2 Å². The van der Waals surface area contributed by atoms with Crippen molar-refractivity contribution in [2.75, 3.05) is 13.1 Å². The molecule has 13 nitrogen and oxygen atoms in total. The molecule has 0 aliphatic rings. The number of rotatable bonds is 18. The predicted octanol–water partition coefficient (Wildman–Crippen LogP) is -2.60. The maximum atomic E-state index is 12.7. The lowest BCUT2D eigenvalue weighted by Gasteiger charge is -2.23. The molecule has 0 rings (SSSR count). The monoisotopic (exact) mass is 473 g/mol. The van der Waals surface area contributed by atoms with Crippen LogP contribution in [-0.2, 0) is 24.0 Å². The van der Waals surface area contributed by atoms with Crippen LogP contribution in [0.5, 0.6) is 0 Å². The van der Waals surface area contributed by atoms with E-state index in [1.165, 1.54) is 6.92 Å². The molecule has 0 fully saturated rings. The number of amides is 4. The topological polar surface area (TPSA) is 246 Å². The van der Waals surface area contributed by atoms with E-state index in [4.69, 9.17) is 22.9 Å². The summed E-state index contributed by atoms with van der Waals surface area (Å²) in [5.41, 5.74) is 21.7. The molecule has 0 aliphatic carbocycles. The molecule has 4 unspecified atom stereocenters. The minimum Gasteiger partial charge on any atom is -0.480 e. The Labute approximate surface area is 193 Å². The van der Waals surface area contributed by atoms with Gasteiger partial charge in [0.15, 0.2) is 0 Å². The number of hydrogen-bond acceptors (Lipinski definition) is 8. The van der Waals surface area contributed by atoms with Crippen LogP contribution in [0.25, 0.3) is 0 Å². The van der Waals surface area contributed by atoms with E-state index in [9.17, 15) is 29.1 Å². The summed E-state index contributed by atoms with van der Waals surface area (Å²) in [5.74, 6) is -3.71. The van der Waals surface area contributed by atoms with Crippen LogP contribution in [0.1, 0.15) is 58.3 Å². The summed E-state index contributed by atoms with van der Waals surface area (Å²) in [7, 11) is 0. The fourth-order valence-electron chi connectivity index (χ4n) is 2.90. The molecule has 0 radical (unpaired) electrons. The van der Waals surface area contributed by atoms with Gasteiger partial charge in [0, 0.05) is 6.42 Å². The van der Waals surface area contributed by atoms with Gasteiger partial charge in [0.1, 0.15) is 18.1 Å². The van der Waals surface area contributed by atoms with Crippen LogP contribution >= 0.6 is 0 Å². The van der Waals surface area contributed by atoms with E-state index < -0.39 is 53.8 Å². The van der Waals surface area contributed by atoms with Gasteiger partial charge in [0.2, 0.25) is 23.6 Å². The van der Waals surface area contributed by atoms with Crippen molar-refractivity contribution in [2.45, 2.75) is 82.5 Å². The molecule has 12 N–H and O–H groups in total. The van der Waals surface area contributed by atoms with Crippen molar-refractivity contribution < 1.29 is 29.1 Å². The molecule has 0 aromatic heterocycles. The summed E-state index contributed by atoms with van der Waals surface area (Å²) in [6.45, 7) is 2.22. The lowest BCUT2D eigenvalue weighted by atomic mass is 10.1. The zero-order valence-corrected chi connectivity index (χ0v) is 19.2. The van der Waals surface area contributed by atoms with Gasteiger partial charge in [-0.2, -0.15) is 0 Å². The Morgan fingerprint density at radius 2 is 1.27 bits per heavy atom. The Bertz CT molecular complexity index is 661. The van der Waals surface area contributed by atoms with Crippen molar-refractivity contribution in [3.05, 3.63) is 0 Å². The summed E-state index contributed by atoms with van der Waals surface area (Å²) >= 11 is 0. The number of carboxylic acids is 1. The molecular weight excluding hydrogens is 434 g/mol. The van der Waals surface area contributed by atoms with Crippen LogP contribution in [0.2, 0.25) is 0 Å². The van der Waals surface area contributed by atoms with Crippen LogP contribution in [0.15, 0.2) is 0 Å². The molecule has 4 atom stereocenters. The Balaban J connectivity index is 5.02. The summed E-state index contributed by atoms with van der Waals surface area (Å²) < 4.78 is 0. The van der Waals surface area contributed by atoms with E-state index in [2.05, 4.69) is 16.0 Å². The minimum atomic E-state index is -1.18. The van der Waals surface area contributed by atoms with Gasteiger partial charge >= 0.3 is 5.97 Å². The fourth-order valence-corrected chi connectivity index (χ4v) is 2.90. The summed E-state index contributed by atoms with van der Waals surface area (Å²) in [6.07, 6.45) is 2.71. The zero-order chi connectivity index (χ0) is 25.4. The van der Waals surface area contributed by atoms with E-state index in [1.807, 2.05) is 0 Å². The first kappa shape index (κ1) is 30.2. The first-order chi connectivity index (χ1) is 15.5. The van der Waals surface area contributed by atoms with Gasteiger partial charge in [-0.05, 0) is 65.0 Å². The van der Waals surface area contributed by atoms with Crippen LogP contribution in [0, 0.1) is 0 Å². The number of carbonyl (C=O) groups excluding carboxylic acids is 4. The van der Waals surface area contributed by atoms with E-state index in [1.54, 1.807) is 0 Å². The second-order valence-electron chi connectivity index (χ2n) is 7.87. The quantitative estimate of drug-likeness (QED) is 0.0970. The molecule has 0 bridgehead atoms. The average Bonchev–Trinajstić information content (AvgIpc) is 2.75. The molecule has 0 spiro atoms. The molecule has 13 heteroatoms. The zero-order valence-electron chi connectivity index (χ0n) is 19.2. The van der Waals surface area contributed by atoms with E-state index >= 15 is 0 Å². The molecule has 0 aliphatic heterocycles. The lowest BCUT2D eigenvalue weighted by molar-refractivity contribution is -0.142. The van der Waals surface area contributed by atoms with E-state index in [0.717, 1.165) is 0 Å². The number of nitrogens with one attached hydrogen (secondary N) is 3. The normalized spacial score (nSPS) is 14.4. The number of hydrogen-bond donors (Lipinski definition) is 8. The van der Waals surface area contributed by atoms with Gasteiger partial charge in [0.05, 0.1) is 6.04 Å². The smallest absolute Gasteiger partial charge is 0.326 e. The number of unbranched alkanes of at least 4 members (excludes halogenated alkanes) is 2. The third-order valence-electron chi connectivity index (χ3n) is 4.93.